The van der Waals surface area contributed by atoms with Crippen LogP contribution in [-0.4, -0.2) is 29.6 Å². The first-order valence-electron chi connectivity index (χ1n) is 9.19. The topological polar surface area (TPSA) is 65.7 Å². The fourth-order valence-electron chi connectivity index (χ4n) is 3.45. The number of halogens is 1. The zero-order chi connectivity index (χ0) is 19.7. The van der Waals surface area contributed by atoms with E-state index in [9.17, 15) is 4.79 Å². The second-order valence-corrected chi connectivity index (χ2v) is 8.43. The maximum atomic E-state index is 13.0. The molecule has 0 amide bonds. The molecule has 0 saturated carbocycles. The van der Waals surface area contributed by atoms with Crippen LogP contribution in [0, 0.1) is 0 Å². The van der Waals surface area contributed by atoms with Crippen molar-refractivity contribution in [3.63, 3.8) is 0 Å². The summed E-state index contributed by atoms with van der Waals surface area (Å²) in [6.07, 6.45) is 7.40. The third-order valence-electron chi connectivity index (χ3n) is 4.73. The molecule has 0 saturated heterocycles. The van der Waals surface area contributed by atoms with E-state index in [-0.39, 0.29) is 5.56 Å². The van der Waals surface area contributed by atoms with Gasteiger partial charge in [0.1, 0.15) is 11.2 Å². The van der Waals surface area contributed by atoms with Gasteiger partial charge in [-0.15, -0.1) is 11.3 Å². The van der Waals surface area contributed by atoms with Gasteiger partial charge in [-0.3, -0.25) is 4.79 Å². The predicted octanol–water partition coefficient (Wildman–Crippen LogP) is 4.39. The quantitative estimate of drug-likeness (QED) is 0.528. The fourth-order valence-corrected chi connectivity index (χ4v) is 5.24. The summed E-state index contributed by atoms with van der Waals surface area (Å²) < 4.78 is 13.1. The van der Waals surface area contributed by atoms with Gasteiger partial charge in [-0.05, 0) is 71.8 Å². The Morgan fingerprint density at radius 3 is 2.96 bits per heavy atom. The largest absolute Gasteiger partial charge is 0.493 e. The number of hydrogen-bond acceptors (Lipinski definition) is 6. The lowest BCUT2D eigenvalue weighted by molar-refractivity contribution is 0.309. The number of aryl methyl sites for hydroxylation is 2. The van der Waals surface area contributed by atoms with Crippen molar-refractivity contribution in [2.24, 2.45) is 5.10 Å². The van der Waals surface area contributed by atoms with Crippen LogP contribution in [0.3, 0.4) is 0 Å². The van der Waals surface area contributed by atoms with Crippen molar-refractivity contribution in [3.8, 4) is 11.5 Å². The Hall–Kier alpha value is -2.19. The molecule has 0 fully saturated rings. The summed E-state index contributed by atoms with van der Waals surface area (Å²) in [5, 5.41) is 5.08. The molecule has 2 heterocycles. The van der Waals surface area contributed by atoms with E-state index >= 15 is 0 Å². The van der Waals surface area contributed by atoms with E-state index in [4.69, 9.17) is 9.47 Å². The van der Waals surface area contributed by atoms with Gasteiger partial charge in [0.25, 0.3) is 5.56 Å². The van der Waals surface area contributed by atoms with Crippen molar-refractivity contribution in [2.45, 2.75) is 32.6 Å². The second-order valence-electron chi connectivity index (χ2n) is 6.50. The van der Waals surface area contributed by atoms with Crippen molar-refractivity contribution < 1.29 is 9.47 Å². The van der Waals surface area contributed by atoms with E-state index in [2.05, 4.69) is 26.0 Å². The number of ether oxygens (including phenoxy) is 2. The molecule has 146 valence electrons. The number of aromatic nitrogens is 2. The summed E-state index contributed by atoms with van der Waals surface area (Å²) in [5.41, 5.74) is 1.84. The maximum absolute atomic E-state index is 13.0. The van der Waals surface area contributed by atoms with Gasteiger partial charge in [0.05, 0.1) is 29.8 Å². The SMILES string of the molecule is CCOc1c(Br)cc(/C=N\n2cnc3sc4c(c3c2=O)CCCC4)cc1OC. The van der Waals surface area contributed by atoms with Crippen molar-refractivity contribution in [1.29, 1.82) is 0 Å². The van der Waals surface area contributed by atoms with E-state index in [0.717, 1.165) is 39.5 Å². The standard InChI is InChI=1S/C20H20BrN3O3S/c1-3-27-18-14(21)8-12(9-15(18)26-2)10-23-24-11-22-19-17(20(24)25)13-6-4-5-7-16(13)28-19/h8-11H,3-7H2,1-2H3/b23-10-. The number of thiophene rings is 1. The molecule has 0 spiro atoms. The van der Waals surface area contributed by atoms with Crippen molar-refractivity contribution in [3.05, 3.63) is 49.3 Å². The minimum atomic E-state index is -0.113. The van der Waals surface area contributed by atoms with Crippen molar-refractivity contribution in [2.75, 3.05) is 13.7 Å². The molecule has 28 heavy (non-hydrogen) atoms. The fraction of sp³-hybridized carbons (Fsp3) is 0.350. The molecule has 3 aromatic rings. The average molecular weight is 462 g/mol. The summed E-state index contributed by atoms with van der Waals surface area (Å²) in [6.45, 7) is 2.45. The zero-order valence-corrected chi connectivity index (χ0v) is 18.1. The number of benzene rings is 1. The minimum absolute atomic E-state index is 0.113. The van der Waals surface area contributed by atoms with Gasteiger partial charge >= 0.3 is 0 Å². The van der Waals surface area contributed by atoms with Crippen LogP contribution in [-0.2, 0) is 12.8 Å². The molecule has 8 heteroatoms. The molecule has 0 unspecified atom stereocenters. The lowest BCUT2D eigenvalue weighted by Gasteiger charge is -2.12. The predicted molar refractivity (Wildman–Crippen MR) is 115 cm³/mol. The first kappa shape index (κ1) is 19.1. The number of rotatable bonds is 5. The van der Waals surface area contributed by atoms with E-state index in [1.54, 1.807) is 24.7 Å². The second kappa shape index (κ2) is 8.05. The number of nitrogens with zero attached hydrogens (tertiary/aromatic N) is 3. The Morgan fingerprint density at radius 1 is 1.36 bits per heavy atom. The molecule has 0 bridgehead atoms. The third-order valence-corrected chi connectivity index (χ3v) is 6.52. The monoisotopic (exact) mass is 461 g/mol. The van der Waals surface area contributed by atoms with Crippen LogP contribution >= 0.6 is 27.3 Å². The molecule has 1 aliphatic rings. The molecule has 1 aromatic carbocycles. The summed E-state index contributed by atoms with van der Waals surface area (Å²) >= 11 is 5.14. The highest BCUT2D eigenvalue weighted by atomic mass is 79.9. The van der Waals surface area contributed by atoms with Crippen molar-refractivity contribution in [1.82, 2.24) is 9.66 Å². The van der Waals surface area contributed by atoms with Gasteiger partial charge in [-0.25, -0.2) is 4.98 Å². The molecule has 0 aliphatic heterocycles. The molecule has 2 aromatic heterocycles. The lowest BCUT2D eigenvalue weighted by Crippen LogP contribution is -2.18. The minimum Gasteiger partial charge on any atom is -0.493 e. The van der Waals surface area contributed by atoms with Gasteiger partial charge in [0, 0.05) is 4.88 Å². The van der Waals surface area contributed by atoms with Crippen molar-refractivity contribution >= 4 is 43.7 Å². The average Bonchev–Trinajstić information content (AvgIpc) is 3.08. The molecule has 0 atom stereocenters. The Kier molecular flexibility index (Phi) is 5.50. The molecular formula is C20H20BrN3O3S. The van der Waals surface area contributed by atoms with Gasteiger partial charge in [0.2, 0.25) is 0 Å². The third kappa shape index (κ3) is 3.46. The van der Waals surface area contributed by atoms with E-state index in [0.29, 0.717) is 18.1 Å². The Labute approximate surface area is 174 Å². The maximum Gasteiger partial charge on any atom is 0.282 e. The smallest absolute Gasteiger partial charge is 0.282 e. The Balaban J connectivity index is 1.72. The molecule has 6 nitrogen and oxygen atoms in total. The van der Waals surface area contributed by atoms with Gasteiger partial charge in [-0.1, -0.05) is 0 Å². The highest BCUT2D eigenvalue weighted by molar-refractivity contribution is 9.10. The summed E-state index contributed by atoms with van der Waals surface area (Å²) in [4.78, 5) is 19.5. The Morgan fingerprint density at radius 2 is 2.18 bits per heavy atom. The van der Waals surface area contributed by atoms with Crippen LogP contribution in [0.2, 0.25) is 0 Å². The Bertz CT molecular complexity index is 1120. The van der Waals surface area contributed by atoms with Crippen LogP contribution in [0.1, 0.15) is 35.8 Å². The molecule has 4 rings (SSSR count). The molecule has 0 radical (unpaired) electrons. The van der Waals surface area contributed by atoms with E-state index in [1.165, 1.54) is 27.9 Å². The molecule has 1 aliphatic carbocycles. The first-order chi connectivity index (χ1) is 13.6. The summed E-state index contributed by atoms with van der Waals surface area (Å²) in [6, 6.07) is 3.70. The summed E-state index contributed by atoms with van der Waals surface area (Å²) in [7, 11) is 1.59. The molecule has 0 N–H and O–H groups in total. The lowest BCUT2D eigenvalue weighted by atomic mass is 9.97. The van der Waals surface area contributed by atoms with Gasteiger partial charge < -0.3 is 9.47 Å². The van der Waals surface area contributed by atoms with Gasteiger partial charge in [-0.2, -0.15) is 9.78 Å². The van der Waals surface area contributed by atoms with E-state index < -0.39 is 0 Å². The van der Waals surface area contributed by atoms with Crippen LogP contribution in [0.15, 0.2) is 32.8 Å². The normalized spacial score (nSPS) is 13.8. The summed E-state index contributed by atoms with van der Waals surface area (Å²) in [5.74, 6) is 1.25. The number of fused-ring (bicyclic) bond motifs is 3. The highest BCUT2D eigenvalue weighted by Crippen LogP contribution is 2.36. The van der Waals surface area contributed by atoms with Crippen LogP contribution < -0.4 is 15.0 Å². The molecular weight excluding hydrogens is 442 g/mol. The van der Waals surface area contributed by atoms with Crippen LogP contribution in [0.4, 0.5) is 0 Å². The van der Waals surface area contributed by atoms with E-state index in [1.807, 2.05) is 19.1 Å². The van der Waals surface area contributed by atoms with Gasteiger partial charge in [0.15, 0.2) is 11.5 Å². The zero-order valence-electron chi connectivity index (χ0n) is 15.7. The number of methoxy groups -OCH3 is 1. The van der Waals surface area contributed by atoms with Crippen LogP contribution in [0.25, 0.3) is 10.2 Å². The number of hydrogen-bond donors (Lipinski definition) is 0. The highest BCUT2D eigenvalue weighted by Gasteiger charge is 2.19. The van der Waals surface area contributed by atoms with Crippen LogP contribution in [0.5, 0.6) is 11.5 Å². The first-order valence-corrected chi connectivity index (χ1v) is 10.8.